The normalized spacial score (nSPS) is 15.4. The van der Waals surface area contributed by atoms with E-state index in [0.717, 1.165) is 18.3 Å². The number of aliphatic hydroxyl groups excluding tert-OH is 1. The highest BCUT2D eigenvalue weighted by atomic mass is 35.5. The molecule has 2 aromatic carbocycles. The number of halogens is 5. The van der Waals surface area contributed by atoms with Crippen molar-refractivity contribution in [2.45, 2.75) is 25.8 Å². The number of alkyl halides is 3. The maximum atomic E-state index is 13.9. The lowest BCUT2D eigenvalue weighted by Crippen LogP contribution is -2.08. The molecule has 5 rings (SSSR count). The number of nitriles is 1. The minimum Gasteiger partial charge on any atom is -0.488 e. The summed E-state index contributed by atoms with van der Waals surface area (Å²) in [6.45, 7) is 1.68. The molecule has 36 heavy (non-hydrogen) atoms. The quantitative estimate of drug-likeness (QED) is 0.246. The van der Waals surface area contributed by atoms with E-state index in [1.807, 2.05) is 0 Å². The molecule has 2 aromatic heterocycles. The number of nitrogens with zero attached hydrogens (tertiary/aromatic N) is 3. The van der Waals surface area contributed by atoms with E-state index in [1.165, 1.54) is 16.5 Å². The molecule has 0 fully saturated rings. The molecule has 0 amide bonds. The zero-order chi connectivity index (χ0) is 25.8. The molecule has 4 aromatic rings. The number of hydrogen-bond acceptors (Lipinski definition) is 4. The number of ether oxygens (including phenoxy) is 1. The van der Waals surface area contributed by atoms with Crippen molar-refractivity contribution >= 4 is 22.8 Å². The molecule has 0 saturated carbocycles. The summed E-state index contributed by atoms with van der Waals surface area (Å²) in [4.78, 5) is 3.98. The van der Waals surface area contributed by atoms with E-state index in [0.29, 0.717) is 33.4 Å². The molecule has 0 saturated heterocycles. The summed E-state index contributed by atoms with van der Waals surface area (Å²) in [6, 6.07) is 12.9. The first-order valence-corrected chi connectivity index (χ1v) is 11.1. The second-order valence-electron chi connectivity index (χ2n) is 8.29. The minimum atomic E-state index is -4.55. The molecular weight excluding hydrogens is 498 g/mol. The van der Waals surface area contributed by atoms with Gasteiger partial charge in [-0.1, -0.05) is 23.7 Å². The van der Waals surface area contributed by atoms with Gasteiger partial charge in [-0.3, -0.25) is 4.40 Å². The van der Waals surface area contributed by atoms with Crippen LogP contribution in [-0.2, 0) is 12.8 Å². The molecule has 10 heteroatoms. The van der Waals surface area contributed by atoms with Crippen molar-refractivity contribution < 1.29 is 27.4 Å². The zero-order valence-corrected chi connectivity index (χ0v) is 19.3. The van der Waals surface area contributed by atoms with Crippen LogP contribution in [0.25, 0.3) is 11.2 Å². The van der Waals surface area contributed by atoms with Gasteiger partial charge in [0, 0.05) is 29.0 Å². The average molecular weight is 514 g/mol. The smallest absolute Gasteiger partial charge is 0.416 e. The number of benzene rings is 2. The van der Waals surface area contributed by atoms with Crippen LogP contribution in [0, 0.1) is 17.1 Å². The van der Waals surface area contributed by atoms with E-state index in [1.54, 1.807) is 31.2 Å². The molecule has 1 unspecified atom stereocenters. The second kappa shape index (κ2) is 8.66. The Bertz CT molecular complexity index is 1600. The van der Waals surface area contributed by atoms with E-state index in [9.17, 15) is 27.9 Å². The predicted molar refractivity (Wildman–Crippen MR) is 124 cm³/mol. The lowest BCUT2D eigenvalue weighted by Gasteiger charge is -2.16. The van der Waals surface area contributed by atoms with E-state index >= 15 is 0 Å². The van der Waals surface area contributed by atoms with Crippen molar-refractivity contribution in [2.24, 2.45) is 0 Å². The first kappa shape index (κ1) is 23.9. The highest BCUT2D eigenvalue weighted by molar-refractivity contribution is 6.30. The second-order valence-corrected chi connectivity index (χ2v) is 8.65. The van der Waals surface area contributed by atoms with Crippen molar-refractivity contribution in [3.05, 3.63) is 105 Å². The Hall–Kier alpha value is -3.87. The molecule has 5 nitrogen and oxygen atoms in total. The van der Waals surface area contributed by atoms with Gasteiger partial charge < -0.3 is 9.84 Å². The SMILES string of the molecule is CC(C#N)=C1c2ccc(C(O)c3c(Cl)nc4cc(C(F)(F)F)ccn34)cc2COc2cc(F)ccc21. The van der Waals surface area contributed by atoms with E-state index in [4.69, 9.17) is 16.3 Å². The molecule has 0 radical (unpaired) electrons. The van der Waals surface area contributed by atoms with Gasteiger partial charge in [0.05, 0.1) is 17.3 Å². The summed E-state index contributed by atoms with van der Waals surface area (Å²) in [5.74, 6) is -0.205. The highest BCUT2D eigenvalue weighted by Gasteiger charge is 2.32. The fourth-order valence-corrected chi connectivity index (χ4v) is 4.62. The van der Waals surface area contributed by atoms with Crippen molar-refractivity contribution in [1.82, 2.24) is 9.38 Å². The number of fused-ring (bicyclic) bond motifs is 3. The first-order valence-electron chi connectivity index (χ1n) is 10.7. The minimum absolute atomic E-state index is 0.0321. The van der Waals surface area contributed by atoms with Gasteiger partial charge >= 0.3 is 6.18 Å². The van der Waals surface area contributed by atoms with E-state index in [-0.39, 0.29) is 28.9 Å². The summed E-state index contributed by atoms with van der Waals surface area (Å²) in [7, 11) is 0. The topological polar surface area (TPSA) is 70.5 Å². The van der Waals surface area contributed by atoms with Crippen LogP contribution in [0.5, 0.6) is 5.75 Å². The molecule has 182 valence electrons. The maximum Gasteiger partial charge on any atom is 0.416 e. The van der Waals surface area contributed by atoms with Gasteiger partial charge in [0.1, 0.15) is 29.9 Å². The van der Waals surface area contributed by atoms with Crippen molar-refractivity contribution in [3.8, 4) is 11.8 Å². The number of allylic oxidation sites excluding steroid dienone is 1. The Morgan fingerprint density at radius 1 is 1.17 bits per heavy atom. The van der Waals surface area contributed by atoms with Crippen LogP contribution < -0.4 is 4.74 Å². The van der Waals surface area contributed by atoms with Crippen LogP contribution in [0.3, 0.4) is 0 Å². The Balaban J connectivity index is 1.61. The van der Waals surface area contributed by atoms with Crippen molar-refractivity contribution in [2.75, 3.05) is 0 Å². The van der Waals surface area contributed by atoms with Gasteiger partial charge in [0.25, 0.3) is 0 Å². The Kier molecular flexibility index (Phi) is 5.74. The summed E-state index contributed by atoms with van der Waals surface area (Å²) in [5.41, 5.74) is 2.37. The summed E-state index contributed by atoms with van der Waals surface area (Å²) in [5, 5.41) is 20.6. The molecule has 1 aliphatic rings. The van der Waals surface area contributed by atoms with Crippen LogP contribution in [0.1, 0.15) is 46.5 Å². The summed E-state index contributed by atoms with van der Waals surface area (Å²) < 4.78 is 60.3. The number of hydrogen-bond donors (Lipinski definition) is 1. The molecular formula is C26H16ClF4N3O2. The van der Waals surface area contributed by atoms with Crippen LogP contribution in [-0.4, -0.2) is 14.5 Å². The number of imidazole rings is 1. The van der Waals surface area contributed by atoms with Gasteiger partial charge in [-0.15, -0.1) is 0 Å². The Morgan fingerprint density at radius 2 is 1.92 bits per heavy atom. The molecule has 1 atom stereocenters. The molecule has 1 aliphatic heterocycles. The summed E-state index contributed by atoms with van der Waals surface area (Å²) in [6.07, 6.45) is -4.73. The first-order chi connectivity index (χ1) is 17.1. The molecule has 0 spiro atoms. The predicted octanol–water partition coefficient (Wildman–Crippen LogP) is 6.47. The molecule has 0 bridgehead atoms. The zero-order valence-electron chi connectivity index (χ0n) is 18.6. The lowest BCUT2D eigenvalue weighted by atomic mass is 9.89. The van der Waals surface area contributed by atoms with Crippen LogP contribution >= 0.6 is 11.6 Å². The van der Waals surface area contributed by atoms with Crippen LogP contribution in [0.2, 0.25) is 5.15 Å². The standard InChI is InChI=1S/C26H16ClF4N3O2/c1-13(11-32)22-18-4-2-14(8-15(18)12-36-20-10-17(28)3-5-19(20)22)24(35)23-25(27)33-21-9-16(26(29,30)31)6-7-34(21)23/h2-10,24,35H,12H2,1H3. The van der Waals surface area contributed by atoms with Crippen molar-refractivity contribution in [3.63, 3.8) is 0 Å². The maximum absolute atomic E-state index is 13.9. The van der Waals surface area contributed by atoms with Crippen LogP contribution in [0.4, 0.5) is 17.6 Å². The molecule has 1 N–H and O–H groups in total. The van der Waals surface area contributed by atoms with E-state index < -0.39 is 23.7 Å². The Morgan fingerprint density at radius 3 is 2.64 bits per heavy atom. The monoisotopic (exact) mass is 513 g/mol. The fraction of sp³-hybridized carbons (Fsp3) is 0.154. The third-order valence-electron chi connectivity index (χ3n) is 6.06. The number of rotatable bonds is 2. The molecule has 0 aliphatic carbocycles. The Labute approximate surface area is 207 Å². The van der Waals surface area contributed by atoms with Gasteiger partial charge in [-0.25, -0.2) is 9.37 Å². The van der Waals surface area contributed by atoms with Gasteiger partial charge in [-0.05, 0) is 53.9 Å². The third kappa shape index (κ3) is 3.98. The highest BCUT2D eigenvalue weighted by Crippen LogP contribution is 2.40. The van der Waals surface area contributed by atoms with Gasteiger partial charge in [-0.2, -0.15) is 18.4 Å². The third-order valence-corrected chi connectivity index (χ3v) is 6.34. The van der Waals surface area contributed by atoms with Crippen LogP contribution in [0.15, 0.2) is 60.3 Å². The number of aromatic nitrogens is 2. The molecule has 3 heterocycles. The fourth-order valence-electron chi connectivity index (χ4n) is 4.34. The summed E-state index contributed by atoms with van der Waals surface area (Å²) >= 11 is 6.23. The van der Waals surface area contributed by atoms with Gasteiger partial charge in [0.2, 0.25) is 0 Å². The van der Waals surface area contributed by atoms with Gasteiger partial charge in [0.15, 0.2) is 5.15 Å². The lowest BCUT2D eigenvalue weighted by molar-refractivity contribution is -0.137. The number of pyridine rings is 1. The van der Waals surface area contributed by atoms with Crippen molar-refractivity contribution in [1.29, 1.82) is 5.26 Å². The number of aliphatic hydroxyl groups is 1. The average Bonchev–Trinajstić information content (AvgIpc) is 3.08. The largest absolute Gasteiger partial charge is 0.488 e. The van der Waals surface area contributed by atoms with E-state index in [2.05, 4.69) is 11.1 Å².